The number of carbonyl (C=O) groups excluding carboxylic acids is 1. The molecule has 0 saturated carbocycles. The van der Waals surface area contributed by atoms with E-state index in [-0.39, 0.29) is 24.1 Å². The van der Waals surface area contributed by atoms with E-state index in [4.69, 9.17) is 14.2 Å². The summed E-state index contributed by atoms with van der Waals surface area (Å²) in [6, 6.07) is 6.26. The van der Waals surface area contributed by atoms with Crippen molar-refractivity contribution in [2.75, 3.05) is 13.2 Å². The number of benzene rings is 1. The van der Waals surface area contributed by atoms with E-state index >= 15 is 0 Å². The van der Waals surface area contributed by atoms with Crippen molar-refractivity contribution in [3.8, 4) is 5.75 Å². The van der Waals surface area contributed by atoms with Gasteiger partial charge in [0.25, 0.3) is 0 Å². The summed E-state index contributed by atoms with van der Waals surface area (Å²) in [7, 11) is 0. The number of hydrogen-bond donors (Lipinski definition) is 0. The molecule has 0 N–H and O–H groups in total. The highest BCUT2D eigenvalue weighted by Gasteiger charge is 2.40. The molecule has 4 unspecified atom stereocenters. The van der Waals surface area contributed by atoms with Crippen LogP contribution >= 0.6 is 0 Å². The molecule has 0 amide bonds. The Morgan fingerprint density at radius 1 is 1.12 bits per heavy atom. The highest BCUT2D eigenvalue weighted by molar-refractivity contribution is 5.71. The van der Waals surface area contributed by atoms with Gasteiger partial charge in [0.1, 0.15) is 11.9 Å². The summed E-state index contributed by atoms with van der Waals surface area (Å²) in [5.74, 6) is 1.71. The molecule has 180 valence electrons. The molecular weight excluding hydrogens is 400 g/mol. The van der Waals surface area contributed by atoms with Gasteiger partial charge in [0.05, 0.1) is 12.7 Å². The minimum Gasteiger partial charge on any atom is -0.482 e. The third-order valence-corrected chi connectivity index (χ3v) is 7.47. The van der Waals surface area contributed by atoms with Crippen LogP contribution in [0, 0.1) is 17.3 Å². The highest BCUT2D eigenvalue weighted by atomic mass is 16.6. The molecule has 1 aliphatic heterocycles. The van der Waals surface area contributed by atoms with Crippen LogP contribution in [-0.4, -0.2) is 31.4 Å². The van der Waals surface area contributed by atoms with E-state index in [9.17, 15) is 4.79 Å². The molecule has 1 aromatic rings. The number of hydrogen-bond acceptors (Lipinski definition) is 4. The first-order valence-electron chi connectivity index (χ1n) is 12.8. The van der Waals surface area contributed by atoms with Crippen LogP contribution in [0.1, 0.15) is 90.7 Å². The minimum atomic E-state index is -0.304. The number of rotatable bonds is 11. The lowest BCUT2D eigenvalue weighted by Crippen LogP contribution is -2.31. The zero-order valence-corrected chi connectivity index (χ0v) is 21.0. The molecule has 0 bridgehead atoms. The van der Waals surface area contributed by atoms with Crippen LogP contribution in [0.15, 0.2) is 18.2 Å². The van der Waals surface area contributed by atoms with E-state index < -0.39 is 0 Å². The number of unbranched alkanes of at least 4 members (excludes halogenated alkanes) is 5. The van der Waals surface area contributed by atoms with Gasteiger partial charge in [-0.3, -0.25) is 0 Å². The molecule has 1 saturated heterocycles. The fourth-order valence-electron chi connectivity index (χ4n) is 4.96. The molecule has 32 heavy (non-hydrogen) atoms. The van der Waals surface area contributed by atoms with Crippen LogP contribution in [0.25, 0.3) is 0 Å². The second-order valence-corrected chi connectivity index (χ2v) is 10.9. The van der Waals surface area contributed by atoms with Crippen LogP contribution in [0.4, 0.5) is 0 Å². The summed E-state index contributed by atoms with van der Waals surface area (Å²) in [5, 5.41) is 0. The van der Waals surface area contributed by atoms with Gasteiger partial charge in [-0.1, -0.05) is 78.4 Å². The lowest BCUT2D eigenvalue weighted by Gasteiger charge is -2.30. The van der Waals surface area contributed by atoms with Crippen molar-refractivity contribution in [1.82, 2.24) is 0 Å². The number of carbonyl (C=O) groups is 1. The maximum Gasteiger partial charge on any atom is 0.344 e. The second-order valence-electron chi connectivity index (χ2n) is 10.9. The van der Waals surface area contributed by atoms with Crippen molar-refractivity contribution in [1.29, 1.82) is 0 Å². The van der Waals surface area contributed by atoms with Crippen molar-refractivity contribution in [3.63, 3.8) is 0 Å². The van der Waals surface area contributed by atoms with E-state index in [0.29, 0.717) is 17.9 Å². The lowest BCUT2D eigenvalue weighted by atomic mass is 9.74. The van der Waals surface area contributed by atoms with Crippen molar-refractivity contribution >= 4 is 5.97 Å². The van der Waals surface area contributed by atoms with E-state index in [1.807, 2.05) is 13.0 Å². The molecule has 2 aliphatic rings. The number of ether oxygens (including phenoxy) is 3. The van der Waals surface area contributed by atoms with E-state index in [2.05, 4.69) is 39.8 Å². The van der Waals surface area contributed by atoms with Crippen molar-refractivity contribution in [2.45, 2.75) is 105 Å². The van der Waals surface area contributed by atoms with Gasteiger partial charge >= 0.3 is 5.97 Å². The molecule has 0 aromatic heterocycles. The molecule has 0 spiro atoms. The van der Waals surface area contributed by atoms with Crippen LogP contribution in [-0.2, 0) is 27.1 Å². The lowest BCUT2D eigenvalue weighted by molar-refractivity contribution is -0.155. The predicted octanol–water partition coefficient (Wildman–Crippen LogP) is 6.52. The quantitative estimate of drug-likeness (QED) is 0.288. The van der Waals surface area contributed by atoms with E-state index in [1.54, 1.807) is 0 Å². The van der Waals surface area contributed by atoms with Gasteiger partial charge in [0.15, 0.2) is 6.61 Å². The zero-order valence-electron chi connectivity index (χ0n) is 21.0. The molecular formula is C28H44O4. The van der Waals surface area contributed by atoms with Gasteiger partial charge in [-0.2, -0.15) is 0 Å². The summed E-state index contributed by atoms with van der Waals surface area (Å²) in [5.41, 5.74) is 2.54. The molecule has 4 heteroatoms. The Hall–Kier alpha value is -1.55. The monoisotopic (exact) mass is 444 g/mol. The highest BCUT2D eigenvalue weighted by Crippen LogP contribution is 2.42. The van der Waals surface area contributed by atoms with Crippen molar-refractivity contribution < 1.29 is 19.0 Å². The Bertz CT molecular complexity index is 735. The molecule has 3 rings (SSSR count). The largest absolute Gasteiger partial charge is 0.482 e. The first-order valence-corrected chi connectivity index (χ1v) is 12.8. The Morgan fingerprint density at radius 2 is 1.88 bits per heavy atom. The first kappa shape index (κ1) is 25.1. The fraction of sp³-hybridized carbons (Fsp3) is 0.750. The van der Waals surface area contributed by atoms with Gasteiger partial charge < -0.3 is 14.2 Å². The molecule has 1 aromatic carbocycles. The van der Waals surface area contributed by atoms with Crippen LogP contribution < -0.4 is 4.74 Å². The van der Waals surface area contributed by atoms with Crippen molar-refractivity contribution in [2.24, 2.45) is 17.3 Å². The van der Waals surface area contributed by atoms with Crippen LogP contribution in [0.5, 0.6) is 5.75 Å². The van der Waals surface area contributed by atoms with Gasteiger partial charge in [-0.05, 0) is 60.6 Å². The van der Waals surface area contributed by atoms with Gasteiger partial charge in [-0.15, -0.1) is 0 Å². The molecule has 4 atom stereocenters. The Morgan fingerprint density at radius 3 is 2.62 bits per heavy atom. The molecule has 0 radical (unpaired) electrons. The average Bonchev–Trinajstić information content (AvgIpc) is 3.14. The third-order valence-electron chi connectivity index (χ3n) is 7.47. The molecule has 1 heterocycles. The van der Waals surface area contributed by atoms with Crippen LogP contribution in [0.2, 0.25) is 0 Å². The fourth-order valence-corrected chi connectivity index (χ4v) is 4.96. The maximum absolute atomic E-state index is 12.3. The Labute approximate surface area is 195 Å². The summed E-state index contributed by atoms with van der Waals surface area (Å²) in [6.45, 7) is 11.2. The maximum atomic E-state index is 12.3. The first-order chi connectivity index (χ1) is 15.3. The summed E-state index contributed by atoms with van der Waals surface area (Å²) < 4.78 is 17.8. The smallest absolute Gasteiger partial charge is 0.344 e. The summed E-state index contributed by atoms with van der Waals surface area (Å²) in [6.07, 6.45) is 11.5. The molecule has 1 fully saturated rings. The van der Waals surface area contributed by atoms with Crippen molar-refractivity contribution in [3.05, 3.63) is 29.3 Å². The SMILES string of the molecule is CCCCCCCCC1OCC2Cc3c(cccc3OCC(=O)OC(C)C(C)(C)C)CC21. The standard InChI is InChI=1S/C28H44O4/c1-6-7-8-9-10-11-14-25-24-16-21-13-12-15-26(23(21)17-22(24)18-30-25)31-19-27(29)32-20(2)28(3,4)5/h12-13,15,20,22,24-25H,6-11,14,16-19H2,1-5H3. The second kappa shape index (κ2) is 11.5. The van der Waals surface area contributed by atoms with E-state index in [1.165, 1.54) is 56.1 Å². The normalized spacial score (nSPS) is 23.3. The zero-order chi connectivity index (χ0) is 23.1. The predicted molar refractivity (Wildman–Crippen MR) is 129 cm³/mol. The summed E-state index contributed by atoms with van der Waals surface area (Å²) >= 11 is 0. The molecule has 4 nitrogen and oxygen atoms in total. The van der Waals surface area contributed by atoms with Gasteiger partial charge in [0, 0.05) is 0 Å². The molecule has 1 aliphatic carbocycles. The van der Waals surface area contributed by atoms with Crippen LogP contribution in [0.3, 0.4) is 0 Å². The topological polar surface area (TPSA) is 44.8 Å². The number of esters is 1. The average molecular weight is 445 g/mol. The number of fused-ring (bicyclic) bond motifs is 2. The Kier molecular flexibility index (Phi) is 9.04. The summed E-state index contributed by atoms with van der Waals surface area (Å²) in [4.78, 5) is 12.3. The third kappa shape index (κ3) is 6.73. The minimum absolute atomic E-state index is 0.0396. The van der Waals surface area contributed by atoms with E-state index in [0.717, 1.165) is 25.2 Å². The van der Waals surface area contributed by atoms with Gasteiger partial charge in [-0.25, -0.2) is 4.79 Å². The Balaban J connectivity index is 1.52. The van der Waals surface area contributed by atoms with Gasteiger partial charge in [0.2, 0.25) is 0 Å².